The Balaban J connectivity index is 1.88. The molecule has 0 unspecified atom stereocenters. The molecule has 30 heavy (non-hydrogen) atoms. The average molecular weight is 412 g/mol. The highest BCUT2D eigenvalue weighted by Crippen LogP contribution is 2.31. The van der Waals surface area contributed by atoms with Gasteiger partial charge in [-0.15, -0.1) is 0 Å². The summed E-state index contributed by atoms with van der Waals surface area (Å²) in [6.45, 7) is 9.26. The van der Waals surface area contributed by atoms with Gasteiger partial charge in [0.2, 0.25) is 5.91 Å². The first-order valence-corrected chi connectivity index (χ1v) is 10.1. The van der Waals surface area contributed by atoms with E-state index in [1.807, 2.05) is 33.8 Å². The molecule has 3 rings (SSSR count). The number of hydrogen-bond donors (Lipinski definition) is 1. The lowest BCUT2D eigenvalue weighted by molar-refractivity contribution is -0.309. The number of nitrogens with one attached hydrogen (secondary N) is 1. The van der Waals surface area contributed by atoms with Gasteiger partial charge in [0.1, 0.15) is 16.9 Å². The van der Waals surface area contributed by atoms with Gasteiger partial charge in [0.25, 0.3) is 0 Å². The molecular weight excluding hydrogens is 386 g/mol. The van der Waals surface area contributed by atoms with Gasteiger partial charge < -0.3 is 24.1 Å². The molecule has 0 aliphatic heterocycles. The number of carboxylic acids is 1. The molecule has 0 aliphatic rings. The Kier molecular flexibility index (Phi) is 6.01. The summed E-state index contributed by atoms with van der Waals surface area (Å²) in [6.07, 6.45) is 0.717. The molecule has 0 saturated carbocycles. The second-order valence-corrected chi connectivity index (χ2v) is 7.87. The molecule has 0 saturated heterocycles. The van der Waals surface area contributed by atoms with Crippen LogP contribution in [0.4, 0.5) is 0 Å². The SMILES string of the molecule is CC[C@@H](C)[C@H](NC(=O)CCc1c(C)c2cc3c(C)c(C)oc3cc2oc1=O)C(=O)[O-]. The summed E-state index contributed by atoms with van der Waals surface area (Å²) in [5.41, 5.74) is 2.75. The first-order valence-electron chi connectivity index (χ1n) is 10.1. The molecule has 1 N–H and O–H groups in total. The third-order valence-corrected chi connectivity index (χ3v) is 5.97. The molecule has 2 aromatic heterocycles. The second-order valence-electron chi connectivity index (χ2n) is 7.87. The number of hydrogen-bond acceptors (Lipinski definition) is 6. The minimum Gasteiger partial charge on any atom is -0.548 e. The summed E-state index contributed by atoms with van der Waals surface area (Å²) in [5.74, 6) is -1.20. The third-order valence-electron chi connectivity index (χ3n) is 5.97. The molecule has 1 amide bonds. The Hall–Kier alpha value is -3.09. The summed E-state index contributed by atoms with van der Waals surface area (Å²) in [7, 11) is 0. The van der Waals surface area contributed by atoms with Crippen LogP contribution in [0.2, 0.25) is 0 Å². The quantitative estimate of drug-likeness (QED) is 0.597. The molecule has 160 valence electrons. The smallest absolute Gasteiger partial charge is 0.339 e. The number of furan rings is 1. The number of rotatable bonds is 7. The van der Waals surface area contributed by atoms with E-state index in [9.17, 15) is 19.5 Å². The highest BCUT2D eigenvalue weighted by molar-refractivity contribution is 5.96. The van der Waals surface area contributed by atoms with E-state index in [0.29, 0.717) is 23.2 Å². The van der Waals surface area contributed by atoms with Gasteiger partial charge >= 0.3 is 5.63 Å². The van der Waals surface area contributed by atoms with Crippen LogP contribution in [-0.4, -0.2) is 17.9 Å². The van der Waals surface area contributed by atoms with Crippen molar-refractivity contribution in [2.75, 3.05) is 0 Å². The lowest BCUT2D eigenvalue weighted by Crippen LogP contribution is -2.51. The van der Waals surface area contributed by atoms with Crippen LogP contribution in [0.3, 0.4) is 0 Å². The molecule has 2 atom stereocenters. The maximum atomic E-state index is 12.5. The average Bonchev–Trinajstić information content (AvgIpc) is 2.97. The van der Waals surface area contributed by atoms with Gasteiger partial charge in [-0.25, -0.2) is 4.79 Å². The molecule has 0 bridgehead atoms. The van der Waals surface area contributed by atoms with Crippen LogP contribution in [0.25, 0.3) is 21.9 Å². The van der Waals surface area contributed by atoms with Gasteiger partial charge in [0, 0.05) is 28.8 Å². The van der Waals surface area contributed by atoms with Gasteiger partial charge in [-0.3, -0.25) is 4.79 Å². The van der Waals surface area contributed by atoms with Crippen molar-refractivity contribution in [1.82, 2.24) is 5.32 Å². The van der Waals surface area contributed by atoms with Crippen LogP contribution in [0.5, 0.6) is 0 Å². The summed E-state index contributed by atoms with van der Waals surface area (Å²) in [4.78, 5) is 36.1. The van der Waals surface area contributed by atoms with E-state index in [1.165, 1.54) is 0 Å². The highest BCUT2D eigenvalue weighted by atomic mass is 16.4. The Morgan fingerprint density at radius 3 is 2.33 bits per heavy atom. The second kappa shape index (κ2) is 8.34. The molecule has 7 nitrogen and oxygen atoms in total. The number of fused-ring (bicyclic) bond motifs is 2. The molecule has 1 aromatic carbocycles. The van der Waals surface area contributed by atoms with E-state index in [2.05, 4.69) is 5.32 Å². The van der Waals surface area contributed by atoms with E-state index >= 15 is 0 Å². The zero-order valence-electron chi connectivity index (χ0n) is 17.9. The van der Waals surface area contributed by atoms with Crippen molar-refractivity contribution < 1.29 is 23.5 Å². The van der Waals surface area contributed by atoms with E-state index < -0.39 is 23.5 Å². The van der Waals surface area contributed by atoms with Crippen LogP contribution >= 0.6 is 0 Å². The van der Waals surface area contributed by atoms with Gasteiger partial charge in [-0.2, -0.15) is 0 Å². The van der Waals surface area contributed by atoms with Crippen molar-refractivity contribution in [1.29, 1.82) is 0 Å². The predicted octanol–water partition coefficient (Wildman–Crippen LogP) is 2.68. The fourth-order valence-corrected chi connectivity index (χ4v) is 3.67. The number of aliphatic carboxylic acids is 1. The molecule has 0 aliphatic carbocycles. The Bertz CT molecular complexity index is 1190. The molecule has 7 heteroatoms. The fraction of sp³-hybridized carbons (Fsp3) is 0.435. The molecule has 0 spiro atoms. The summed E-state index contributed by atoms with van der Waals surface area (Å²) in [5, 5.41) is 15.5. The number of amides is 1. The number of carboxylic acid groups (broad SMARTS) is 1. The lowest BCUT2D eigenvalue weighted by atomic mass is 9.98. The van der Waals surface area contributed by atoms with Crippen molar-refractivity contribution >= 4 is 33.8 Å². The monoisotopic (exact) mass is 412 g/mol. The maximum absolute atomic E-state index is 12.5. The van der Waals surface area contributed by atoms with Crippen LogP contribution < -0.4 is 16.0 Å². The van der Waals surface area contributed by atoms with Crippen molar-refractivity contribution in [2.24, 2.45) is 5.92 Å². The van der Waals surface area contributed by atoms with Gasteiger partial charge in [0.05, 0.1) is 12.0 Å². The van der Waals surface area contributed by atoms with Crippen LogP contribution in [0.1, 0.15) is 49.1 Å². The number of carbonyl (C=O) groups is 2. The highest BCUT2D eigenvalue weighted by Gasteiger charge is 2.21. The van der Waals surface area contributed by atoms with Gasteiger partial charge in [0.15, 0.2) is 0 Å². The summed E-state index contributed by atoms with van der Waals surface area (Å²) >= 11 is 0. The lowest BCUT2D eigenvalue weighted by Gasteiger charge is -2.25. The molecule has 0 fully saturated rings. The fourth-order valence-electron chi connectivity index (χ4n) is 3.67. The first kappa shape index (κ1) is 21.6. The van der Waals surface area contributed by atoms with Gasteiger partial charge in [-0.05, 0) is 50.3 Å². The standard InChI is InChI=1S/C23H27NO6/c1-6-11(2)21(22(26)27)24-20(25)8-7-15-13(4)17-9-16-12(3)14(5)29-18(16)10-19(17)30-23(15)28/h9-11,21H,6-8H2,1-5H3,(H,24,25)(H,26,27)/p-1/t11-,21+/m1/s1. The van der Waals surface area contributed by atoms with Gasteiger partial charge in [-0.1, -0.05) is 20.3 Å². The first-order chi connectivity index (χ1) is 14.1. The minimum absolute atomic E-state index is 0.0244. The minimum atomic E-state index is -1.31. The number of aryl methyl sites for hydroxylation is 3. The topological polar surface area (TPSA) is 113 Å². The van der Waals surface area contributed by atoms with E-state index in [-0.39, 0.29) is 18.8 Å². The van der Waals surface area contributed by atoms with Crippen molar-refractivity contribution in [3.63, 3.8) is 0 Å². The van der Waals surface area contributed by atoms with Crippen molar-refractivity contribution in [3.8, 4) is 0 Å². The Morgan fingerprint density at radius 2 is 1.70 bits per heavy atom. The Morgan fingerprint density at radius 1 is 1.07 bits per heavy atom. The molecule has 2 heterocycles. The van der Waals surface area contributed by atoms with Crippen molar-refractivity contribution in [2.45, 2.75) is 59.9 Å². The zero-order chi connectivity index (χ0) is 22.2. The van der Waals surface area contributed by atoms with Crippen molar-refractivity contribution in [3.05, 3.63) is 45.0 Å². The number of carbonyl (C=O) groups excluding carboxylic acids is 2. The van der Waals surface area contributed by atoms with Crippen LogP contribution in [-0.2, 0) is 16.0 Å². The maximum Gasteiger partial charge on any atom is 0.339 e. The predicted molar refractivity (Wildman–Crippen MR) is 111 cm³/mol. The Labute approximate surface area is 174 Å². The molecule has 0 radical (unpaired) electrons. The van der Waals surface area contributed by atoms with Crippen LogP contribution in [0.15, 0.2) is 25.8 Å². The molecule has 3 aromatic rings. The summed E-state index contributed by atoms with van der Waals surface area (Å²) in [6, 6.07) is 2.59. The van der Waals surface area contributed by atoms with E-state index in [4.69, 9.17) is 8.83 Å². The largest absolute Gasteiger partial charge is 0.548 e. The normalized spacial score (nSPS) is 13.5. The number of benzene rings is 1. The zero-order valence-corrected chi connectivity index (χ0v) is 17.9. The van der Waals surface area contributed by atoms with E-state index in [0.717, 1.165) is 27.7 Å². The third kappa shape index (κ3) is 3.97. The van der Waals surface area contributed by atoms with Crippen LogP contribution in [0, 0.1) is 26.7 Å². The molecular formula is C23H26NO6-. The van der Waals surface area contributed by atoms with E-state index in [1.54, 1.807) is 13.0 Å². The summed E-state index contributed by atoms with van der Waals surface area (Å²) < 4.78 is 11.2.